The quantitative estimate of drug-likeness (QED) is 0.325. The number of hydrogen-bond donors (Lipinski definition) is 0. The third-order valence-electron chi connectivity index (χ3n) is 12.6. The topological polar surface area (TPSA) is 0 Å². The van der Waals surface area contributed by atoms with Gasteiger partial charge in [-0.25, -0.2) is 0 Å². The zero-order chi connectivity index (χ0) is 21.3. The molecule has 0 nitrogen and oxygen atoms in total. The van der Waals surface area contributed by atoms with E-state index >= 15 is 0 Å². The van der Waals surface area contributed by atoms with Crippen LogP contribution < -0.4 is 0 Å². The highest BCUT2D eigenvalue weighted by molar-refractivity contribution is 6.65. The smallest absolute Gasteiger partial charge is 0.0464 e. The summed E-state index contributed by atoms with van der Waals surface area (Å²) in [6.45, 7) is 0. The van der Waals surface area contributed by atoms with Gasteiger partial charge in [0.25, 0.3) is 0 Å². The largest absolute Gasteiger partial charge is 0.0533 e. The monoisotopic (exact) mass is 470 g/mol. The third kappa shape index (κ3) is 4.51. The maximum absolute atomic E-state index is 1.71. The van der Waals surface area contributed by atoms with E-state index in [1.807, 2.05) is 0 Å². The van der Waals surface area contributed by atoms with Crippen molar-refractivity contribution >= 4 is 17.6 Å². The SMILES string of the molecule is C1CCC([SiH](C2CCCC2)C2CCCC2C2CCCC2[SiH](C2CCCC2)C2CCCC2)C1. The molecule has 6 fully saturated rings. The van der Waals surface area contributed by atoms with Crippen molar-refractivity contribution in [2.45, 2.75) is 175 Å². The Morgan fingerprint density at radius 3 is 0.844 bits per heavy atom. The van der Waals surface area contributed by atoms with Gasteiger partial charge in [0.2, 0.25) is 0 Å². The summed E-state index contributed by atoms with van der Waals surface area (Å²) in [5.41, 5.74) is 7.72. The maximum atomic E-state index is 1.71. The highest BCUT2D eigenvalue weighted by atomic mass is 28.3. The normalized spacial score (nSPS) is 38.4. The van der Waals surface area contributed by atoms with Crippen LogP contribution in [0.4, 0.5) is 0 Å². The van der Waals surface area contributed by atoms with Crippen LogP contribution in [0.15, 0.2) is 0 Å². The first-order chi connectivity index (χ1) is 15.9. The van der Waals surface area contributed by atoms with Crippen molar-refractivity contribution in [3.63, 3.8) is 0 Å². The van der Waals surface area contributed by atoms with Crippen LogP contribution in [0.25, 0.3) is 0 Å². The molecule has 0 aromatic heterocycles. The van der Waals surface area contributed by atoms with Gasteiger partial charge < -0.3 is 0 Å². The molecule has 4 unspecified atom stereocenters. The Morgan fingerprint density at radius 2 is 0.562 bits per heavy atom. The summed E-state index contributed by atoms with van der Waals surface area (Å²) in [4.78, 5) is 0. The third-order valence-corrected chi connectivity index (χ3v) is 23.2. The van der Waals surface area contributed by atoms with Gasteiger partial charge in [0.1, 0.15) is 0 Å². The first-order valence-electron chi connectivity index (χ1n) is 15.9. The van der Waals surface area contributed by atoms with Crippen molar-refractivity contribution < 1.29 is 0 Å². The Kier molecular flexibility index (Phi) is 7.57. The Balaban J connectivity index is 1.24. The van der Waals surface area contributed by atoms with Crippen LogP contribution in [-0.4, -0.2) is 17.6 Å². The molecule has 6 aliphatic carbocycles. The minimum atomic E-state index is -0.602. The Bertz CT molecular complexity index is 496. The summed E-state index contributed by atoms with van der Waals surface area (Å²) in [5.74, 6) is 2.47. The van der Waals surface area contributed by atoms with E-state index in [2.05, 4.69) is 0 Å². The van der Waals surface area contributed by atoms with Gasteiger partial charge in [-0.3, -0.25) is 0 Å². The summed E-state index contributed by atoms with van der Waals surface area (Å²) < 4.78 is 0. The Labute approximate surface area is 203 Å². The van der Waals surface area contributed by atoms with E-state index in [1.54, 1.807) is 141 Å². The molecule has 0 bridgehead atoms. The second-order valence-electron chi connectivity index (χ2n) is 13.9. The molecule has 0 aliphatic heterocycles. The first-order valence-corrected chi connectivity index (χ1v) is 19.9. The molecule has 6 rings (SSSR count). The maximum Gasteiger partial charge on any atom is 0.0464 e. The zero-order valence-corrected chi connectivity index (χ0v) is 23.6. The molecule has 182 valence electrons. The molecule has 6 saturated carbocycles. The summed E-state index contributed by atoms with van der Waals surface area (Å²) >= 11 is 0. The van der Waals surface area contributed by atoms with Crippen LogP contribution in [0.2, 0.25) is 33.2 Å². The van der Waals surface area contributed by atoms with Gasteiger partial charge in [-0.05, 0) is 45.1 Å². The van der Waals surface area contributed by atoms with Crippen molar-refractivity contribution in [3.8, 4) is 0 Å². The van der Waals surface area contributed by atoms with E-state index in [0.29, 0.717) is 0 Å². The van der Waals surface area contributed by atoms with Crippen LogP contribution in [0.5, 0.6) is 0 Å². The lowest BCUT2D eigenvalue weighted by Gasteiger charge is -2.43. The molecule has 32 heavy (non-hydrogen) atoms. The summed E-state index contributed by atoms with van der Waals surface area (Å²) in [5, 5.41) is 0. The predicted octanol–water partition coefficient (Wildman–Crippen LogP) is 9.56. The highest BCUT2D eigenvalue weighted by Crippen LogP contribution is 2.61. The van der Waals surface area contributed by atoms with Crippen LogP contribution >= 0.6 is 0 Å². The van der Waals surface area contributed by atoms with Crippen molar-refractivity contribution in [1.29, 1.82) is 0 Å². The van der Waals surface area contributed by atoms with E-state index < -0.39 is 17.6 Å². The summed E-state index contributed by atoms with van der Waals surface area (Å²) in [6.07, 6.45) is 36.2. The van der Waals surface area contributed by atoms with Gasteiger partial charge in [0.05, 0.1) is 0 Å². The van der Waals surface area contributed by atoms with Crippen molar-refractivity contribution in [2.24, 2.45) is 11.8 Å². The first kappa shape index (κ1) is 22.9. The summed E-state index contributed by atoms with van der Waals surface area (Å²) in [7, 11) is -1.20. The molecule has 0 aromatic rings. The molecule has 0 amide bonds. The molecular formula is C30H54Si2. The second-order valence-corrected chi connectivity index (χ2v) is 21.6. The second kappa shape index (κ2) is 10.6. The molecule has 6 aliphatic rings. The van der Waals surface area contributed by atoms with E-state index in [1.165, 1.54) is 45.1 Å². The Morgan fingerprint density at radius 1 is 0.281 bits per heavy atom. The minimum absolute atomic E-state index is 0.602. The van der Waals surface area contributed by atoms with Crippen LogP contribution in [-0.2, 0) is 0 Å². The van der Waals surface area contributed by atoms with Gasteiger partial charge in [0.15, 0.2) is 0 Å². The van der Waals surface area contributed by atoms with Crippen molar-refractivity contribution in [2.75, 3.05) is 0 Å². The Hall–Kier alpha value is 0.434. The standard InChI is InChI=1S/C30H54Si2/c1-2-12-23(11-1)31(24-13-3-4-14-24)29-21-9-19-27(29)28-20-10-22-30(28)32(25-15-5-6-16-25)26-17-7-8-18-26/h23-32H,1-22H2. The van der Waals surface area contributed by atoms with Gasteiger partial charge in [-0.15, -0.1) is 0 Å². The highest BCUT2D eigenvalue weighted by Gasteiger charge is 2.51. The van der Waals surface area contributed by atoms with E-state index in [4.69, 9.17) is 0 Å². The van der Waals surface area contributed by atoms with Crippen molar-refractivity contribution in [3.05, 3.63) is 0 Å². The van der Waals surface area contributed by atoms with Crippen LogP contribution in [0.1, 0.15) is 141 Å². The minimum Gasteiger partial charge on any atom is -0.0533 e. The molecule has 2 heteroatoms. The molecule has 0 N–H and O–H groups in total. The van der Waals surface area contributed by atoms with Crippen molar-refractivity contribution in [1.82, 2.24) is 0 Å². The predicted molar refractivity (Wildman–Crippen MR) is 145 cm³/mol. The van der Waals surface area contributed by atoms with Gasteiger partial charge in [0, 0.05) is 17.6 Å². The van der Waals surface area contributed by atoms with Crippen LogP contribution in [0.3, 0.4) is 0 Å². The average molecular weight is 471 g/mol. The summed E-state index contributed by atoms with van der Waals surface area (Å²) in [6, 6.07) is 0. The molecule has 4 atom stereocenters. The molecule has 0 radical (unpaired) electrons. The van der Waals surface area contributed by atoms with E-state index in [0.717, 1.165) is 0 Å². The molecule has 0 saturated heterocycles. The lowest BCUT2D eigenvalue weighted by atomic mass is 9.89. The number of rotatable bonds is 7. The van der Waals surface area contributed by atoms with Gasteiger partial charge in [-0.1, -0.05) is 141 Å². The zero-order valence-electron chi connectivity index (χ0n) is 21.3. The lowest BCUT2D eigenvalue weighted by molar-refractivity contribution is 0.335. The molecule has 0 aromatic carbocycles. The molecule has 0 heterocycles. The molecular weight excluding hydrogens is 417 g/mol. The van der Waals surface area contributed by atoms with Gasteiger partial charge in [-0.2, -0.15) is 0 Å². The fourth-order valence-electron chi connectivity index (χ4n) is 11.6. The average Bonchev–Trinajstić information content (AvgIpc) is 3.66. The van der Waals surface area contributed by atoms with E-state index in [-0.39, 0.29) is 0 Å². The fraction of sp³-hybridized carbons (Fsp3) is 1.00. The lowest BCUT2D eigenvalue weighted by Crippen LogP contribution is -2.38. The van der Waals surface area contributed by atoms with Crippen LogP contribution in [0, 0.1) is 11.8 Å². The van der Waals surface area contributed by atoms with Gasteiger partial charge >= 0.3 is 0 Å². The van der Waals surface area contributed by atoms with E-state index in [9.17, 15) is 0 Å². The number of hydrogen-bond acceptors (Lipinski definition) is 0. The fourth-order valence-corrected chi connectivity index (χ4v) is 24.2. The molecule has 0 spiro atoms.